The molecular formula is C23H22BrFN2O3S. The third-order valence-corrected chi connectivity index (χ3v) is 6.71. The van der Waals surface area contributed by atoms with Crippen molar-refractivity contribution in [1.82, 2.24) is 10.0 Å². The topological polar surface area (TPSA) is 75.3 Å². The molecule has 0 aliphatic heterocycles. The number of amides is 1. The van der Waals surface area contributed by atoms with E-state index in [2.05, 4.69) is 26.0 Å². The zero-order valence-corrected chi connectivity index (χ0v) is 19.2. The van der Waals surface area contributed by atoms with Crippen LogP contribution in [0.5, 0.6) is 0 Å². The predicted molar refractivity (Wildman–Crippen MR) is 121 cm³/mol. The van der Waals surface area contributed by atoms with Crippen molar-refractivity contribution >= 4 is 31.9 Å². The van der Waals surface area contributed by atoms with Crippen LogP contribution in [-0.2, 0) is 21.2 Å². The number of sulfonamides is 1. The first-order valence-electron chi connectivity index (χ1n) is 9.62. The highest BCUT2D eigenvalue weighted by atomic mass is 79.9. The number of nitrogens with one attached hydrogen (secondary N) is 2. The molecule has 162 valence electrons. The van der Waals surface area contributed by atoms with Crippen LogP contribution in [-0.4, -0.2) is 20.4 Å². The van der Waals surface area contributed by atoms with Crippen LogP contribution < -0.4 is 10.0 Å². The minimum Gasteiger partial charge on any atom is -0.348 e. The molecule has 0 saturated carbocycles. The molecule has 0 bridgehead atoms. The fourth-order valence-corrected chi connectivity index (χ4v) is 4.69. The van der Waals surface area contributed by atoms with Crippen LogP contribution in [0, 0.1) is 5.82 Å². The maximum atomic E-state index is 13.2. The Kier molecular flexibility index (Phi) is 7.59. The van der Waals surface area contributed by atoms with Gasteiger partial charge in [-0.15, -0.1) is 0 Å². The lowest BCUT2D eigenvalue weighted by molar-refractivity contribution is -0.123. The molecule has 0 heterocycles. The summed E-state index contributed by atoms with van der Waals surface area (Å²) in [6.45, 7) is 1.83. The van der Waals surface area contributed by atoms with E-state index in [1.54, 1.807) is 0 Å². The maximum absolute atomic E-state index is 13.2. The smallest absolute Gasteiger partial charge is 0.241 e. The predicted octanol–water partition coefficient (Wildman–Crippen LogP) is 4.36. The zero-order chi connectivity index (χ0) is 22.4. The minimum absolute atomic E-state index is 0.111. The fraction of sp³-hybridized carbons (Fsp3) is 0.174. The summed E-state index contributed by atoms with van der Waals surface area (Å²) in [5.41, 5.74) is 1.68. The first-order chi connectivity index (χ1) is 14.7. The molecule has 1 amide bonds. The molecule has 2 atom stereocenters. The van der Waals surface area contributed by atoms with E-state index in [0.717, 1.165) is 27.7 Å². The molecule has 0 saturated heterocycles. The molecule has 5 nitrogen and oxygen atoms in total. The van der Waals surface area contributed by atoms with Gasteiger partial charge in [0, 0.05) is 4.47 Å². The van der Waals surface area contributed by atoms with Crippen molar-refractivity contribution in [3.05, 3.63) is 100 Å². The van der Waals surface area contributed by atoms with E-state index < -0.39 is 27.8 Å². The summed E-state index contributed by atoms with van der Waals surface area (Å²) in [6.07, 6.45) is 0.165. The molecule has 0 radical (unpaired) electrons. The van der Waals surface area contributed by atoms with Gasteiger partial charge in [0.25, 0.3) is 0 Å². The van der Waals surface area contributed by atoms with E-state index in [-0.39, 0.29) is 17.4 Å². The van der Waals surface area contributed by atoms with E-state index in [4.69, 9.17) is 0 Å². The first-order valence-corrected chi connectivity index (χ1v) is 11.9. The molecule has 2 N–H and O–H groups in total. The summed E-state index contributed by atoms with van der Waals surface area (Å²) in [4.78, 5) is 13.0. The summed E-state index contributed by atoms with van der Waals surface area (Å²) in [7, 11) is -4.03. The number of carbonyl (C=O) groups excluding carboxylic acids is 1. The van der Waals surface area contributed by atoms with E-state index in [1.165, 1.54) is 12.1 Å². The van der Waals surface area contributed by atoms with E-state index >= 15 is 0 Å². The standard InChI is InChI=1S/C23H22BrFN2O3S/c1-16(18-8-5-9-19(24)15-18)26-23(28)22(14-17-6-3-2-4-7-17)27-31(29,30)21-12-10-20(25)11-13-21/h2-13,15-16,22,27H,14H2,1H3,(H,26,28)/t16-,22-/m0/s1. The van der Waals surface area contributed by atoms with Gasteiger partial charge in [0.1, 0.15) is 11.9 Å². The highest BCUT2D eigenvalue weighted by Gasteiger charge is 2.27. The summed E-state index contributed by atoms with van der Waals surface area (Å²) in [5, 5.41) is 2.88. The quantitative estimate of drug-likeness (QED) is 0.478. The molecule has 3 aromatic rings. The largest absolute Gasteiger partial charge is 0.348 e. The third-order valence-electron chi connectivity index (χ3n) is 4.73. The van der Waals surface area contributed by atoms with Crippen LogP contribution >= 0.6 is 15.9 Å². The Morgan fingerprint density at radius 3 is 2.32 bits per heavy atom. The second-order valence-corrected chi connectivity index (χ2v) is 9.73. The van der Waals surface area contributed by atoms with Crippen LogP contribution in [0.25, 0.3) is 0 Å². The number of hydrogen-bond donors (Lipinski definition) is 2. The Balaban J connectivity index is 1.83. The van der Waals surface area contributed by atoms with Gasteiger partial charge in [-0.05, 0) is 60.9 Å². The molecule has 0 fully saturated rings. The molecule has 0 aliphatic carbocycles. The molecule has 8 heteroatoms. The Labute approximate surface area is 189 Å². The van der Waals surface area contributed by atoms with Crippen molar-refractivity contribution in [3.8, 4) is 0 Å². The fourth-order valence-electron chi connectivity index (χ4n) is 3.08. The van der Waals surface area contributed by atoms with Crippen LogP contribution in [0.3, 0.4) is 0 Å². The number of halogens is 2. The molecule has 0 spiro atoms. The van der Waals surface area contributed by atoms with E-state index in [9.17, 15) is 17.6 Å². The maximum Gasteiger partial charge on any atom is 0.241 e. The summed E-state index contributed by atoms with van der Waals surface area (Å²) >= 11 is 3.41. The zero-order valence-electron chi connectivity index (χ0n) is 16.8. The Morgan fingerprint density at radius 2 is 1.68 bits per heavy atom. The van der Waals surface area contributed by atoms with Crippen molar-refractivity contribution in [2.24, 2.45) is 0 Å². The van der Waals surface area contributed by atoms with Crippen molar-refractivity contribution in [2.75, 3.05) is 0 Å². The number of benzene rings is 3. The van der Waals surface area contributed by atoms with Crippen molar-refractivity contribution in [2.45, 2.75) is 30.3 Å². The second kappa shape index (κ2) is 10.2. The molecule has 0 unspecified atom stereocenters. The van der Waals surface area contributed by atoms with Gasteiger partial charge in [-0.2, -0.15) is 4.72 Å². The van der Waals surface area contributed by atoms with Gasteiger partial charge in [-0.1, -0.05) is 58.4 Å². The highest BCUT2D eigenvalue weighted by Crippen LogP contribution is 2.19. The molecular weight excluding hydrogens is 483 g/mol. The third kappa shape index (κ3) is 6.46. The molecule has 3 rings (SSSR count). The van der Waals surface area contributed by atoms with Crippen LogP contribution in [0.4, 0.5) is 4.39 Å². The van der Waals surface area contributed by atoms with Crippen molar-refractivity contribution in [3.63, 3.8) is 0 Å². The highest BCUT2D eigenvalue weighted by molar-refractivity contribution is 9.10. The normalized spacial score (nSPS) is 13.4. The summed E-state index contributed by atoms with van der Waals surface area (Å²) in [5.74, 6) is -0.998. The SMILES string of the molecule is C[C@H](NC(=O)[C@H](Cc1ccccc1)NS(=O)(=O)c1ccc(F)cc1)c1cccc(Br)c1. The van der Waals surface area contributed by atoms with Gasteiger partial charge in [-0.3, -0.25) is 4.79 Å². The lowest BCUT2D eigenvalue weighted by Gasteiger charge is -2.22. The number of hydrogen-bond acceptors (Lipinski definition) is 3. The van der Waals surface area contributed by atoms with Crippen LogP contribution in [0.15, 0.2) is 88.2 Å². The van der Waals surface area contributed by atoms with Gasteiger partial charge in [0.05, 0.1) is 10.9 Å². The summed E-state index contributed by atoms with van der Waals surface area (Å²) in [6, 6.07) is 19.7. The number of carbonyl (C=O) groups is 1. The van der Waals surface area contributed by atoms with Crippen molar-refractivity contribution in [1.29, 1.82) is 0 Å². The summed E-state index contributed by atoms with van der Waals surface area (Å²) < 4.78 is 42.2. The minimum atomic E-state index is -4.03. The van der Waals surface area contributed by atoms with Crippen molar-refractivity contribution < 1.29 is 17.6 Å². The van der Waals surface area contributed by atoms with Gasteiger partial charge >= 0.3 is 0 Å². The average molecular weight is 505 g/mol. The Morgan fingerprint density at radius 1 is 1.00 bits per heavy atom. The Hall–Kier alpha value is -2.55. The molecule has 0 aliphatic rings. The Bertz CT molecular complexity index is 1140. The first kappa shape index (κ1) is 23.1. The van der Waals surface area contributed by atoms with Gasteiger partial charge in [0.2, 0.25) is 15.9 Å². The van der Waals surface area contributed by atoms with Gasteiger partial charge in [-0.25, -0.2) is 12.8 Å². The molecule has 3 aromatic carbocycles. The van der Waals surface area contributed by atoms with E-state index in [0.29, 0.717) is 0 Å². The molecule has 31 heavy (non-hydrogen) atoms. The molecule has 0 aromatic heterocycles. The van der Waals surface area contributed by atoms with Gasteiger partial charge < -0.3 is 5.32 Å². The van der Waals surface area contributed by atoms with Crippen LogP contribution in [0.1, 0.15) is 24.1 Å². The van der Waals surface area contributed by atoms with Gasteiger partial charge in [0.15, 0.2) is 0 Å². The average Bonchev–Trinajstić information content (AvgIpc) is 2.74. The van der Waals surface area contributed by atoms with Crippen LogP contribution in [0.2, 0.25) is 0 Å². The second-order valence-electron chi connectivity index (χ2n) is 7.10. The number of rotatable bonds is 8. The van der Waals surface area contributed by atoms with E-state index in [1.807, 2.05) is 61.5 Å². The lowest BCUT2D eigenvalue weighted by Crippen LogP contribution is -2.48. The monoisotopic (exact) mass is 504 g/mol. The lowest BCUT2D eigenvalue weighted by atomic mass is 10.0.